The van der Waals surface area contributed by atoms with Crippen LogP contribution < -0.4 is 0 Å². The Balaban J connectivity index is 0.880. The number of furan rings is 2. The monoisotopic (exact) mass is 794 g/mol. The van der Waals surface area contributed by atoms with Gasteiger partial charge in [-0.1, -0.05) is 173 Å². The molecule has 2 aromatic heterocycles. The normalized spacial score (nSPS) is 14.4. The van der Waals surface area contributed by atoms with Gasteiger partial charge in [-0.05, 0) is 108 Å². The zero-order valence-electron chi connectivity index (χ0n) is 35.1. The Morgan fingerprint density at radius 3 is 1.05 bits per heavy atom. The van der Waals surface area contributed by atoms with Crippen molar-refractivity contribution < 1.29 is 8.83 Å². The van der Waals surface area contributed by atoms with Crippen molar-refractivity contribution in [2.45, 2.75) is 38.5 Å². The van der Waals surface area contributed by atoms with E-state index in [1.165, 1.54) is 66.8 Å². The van der Waals surface area contributed by atoms with Gasteiger partial charge in [-0.15, -0.1) is 0 Å². The summed E-state index contributed by atoms with van der Waals surface area (Å²) in [7, 11) is 0. The average Bonchev–Trinajstić information content (AvgIpc) is 4.00. The van der Waals surface area contributed by atoms with E-state index < -0.39 is 0 Å². The topological polar surface area (TPSA) is 26.3 Å². The molecule has 294 valence electrons. The van der Waals surface area contributed by atoms with Crippen LogP contribution in [0.2, 0.25) is 0 Å². The van der Waals surface area contributed by atoms with Crippen LogP contribution in [0.1, 0.15) is 49.9 Å². The van der Waals surface area contributed by atoms with Gasteiger partial charge in [0.1, 0.15) is 22.3 Å². The summed E-state index contributed by atoms with van der Waals surface area (Å²) in [6, 6.07) is 66.6. The van der Waals surface area contributed by atoms with Crippen molar-refractivity contribution in [1.82, 2.24) is 0 Å². The molecule has 0 aliphatic heterocycles. The van der Waals surface area contributed by atoms with Crippen LogP contribution in [0.5, 0.6) is 0 Å². The molecule has 2 heteroatoms. The van der Waals surface area contributed by atoms with Crippen LogP contribution in [0.3, 0.4) is 0 Å². The van der Waals surface area contributed by atoms with E-state index in [1.54, 1.807) is 0 Å². The molecule has 62 heavy (non-hydrogen) atoms. The smallest absolute Gasteiger partial charge is 0.143 e. The molecular weight excluding hydrogens is 753 g/mol. The molecule has 9 aromatic carbocycles. The minimum absolute atomic E-state index is 0.148. The van der Waals surface area contributed by atoms with Crippen molar-refractivity contribution in [3.8, 4) is 66.8 Å². The Bertz CT molecular complexity index is 3430. The zero-order chi connectivity index (χ0) is 41.5. The van der Waals surface area contributed by atoms with Gasteiger partial charge in [0.05, 0.1) is 0 Å². The molecular formula is C60H42O2. The minimum atomic E-state index is -0.148. The highest BCUT2D eigenvalue weighted by Gasteiger charge is 2.37. The van der Waals surface area contributed by atoms with Gasteiger partial charge < -0.3 is 8.83 Å². The molecule has 0 saturated carbocycles. The van der Waals surface area contributed by atoms with E-state index >= 15 is 0 Å². The molecule has 11 aromatic rings. The molecule has 0 spiro atoms. The predicted molar refractivity (Wildman–Crippen MR) is 258 cm³/mol. The van der Waals surface area contributed by atoms with Crippen LogP contribution in [0.25, 0.3) is 111 Å². The van der Waals surface area contributed by atoms with E-state index in [2.05, 4.69) is 210 Å². The predicted octanol–water partition coefficient (Wildman–Crippen LogP) is 16.8. The molecule has 2 aliphatic rings. The first-order valence-electron chi connectivity index (χ1n) is 21.7. The SMILES string of the molecule is CC1(C)c2cc(-c3ccccc3)ccc2-c2ccc(-c3cccc4c3oc3cc5oc6c(-c7ccc8c(c7)C(C)(C)c7cc(-c9ccccc9)ccc7-8)cccc6c5cc34)cc21. The van der Waals surface area contributed by atoms with Gasteiger partial charge in [-0.25, -0.2) is 0 Å². The number of benzene rings is 9. The average molecular weight is 795 g/mol. The fourth-order valence-corrected chi connectivity index (χ4v) is 11.0. The lowest BCUT2D eigenvalue weighted by molar-refractivity contribution is 0.656. The second-order valence-electron chi connectivity index (χ2n) is 18.4. The Hall–Kier alpha value is -7.42. The molecule has 0 atom stereocenters. The minimum Gasteiger partial charge on any atom is -0.455 e. The van der Waals surface area contributed by atoms with E-state index in [0.29, 0.717) is 0 Å². The van der Waals surface area contributed by atoms with E-state index in [1.807, 2.05) is 0 Å². The molecule has 0 amide bonds. The van der Waals surface area contributed by atoms with Crippen molar-refractivity contribution >= 4 is 43.9 Å². The summed E-state index contributed by atoms with van der Waals surface area (Å²) >= 11 is 0. The maximum atomic E-state index is 6.84. The lowest BCUT2D eigenvalue weighted by Crippen LogP contribution is -2.15. The van der Waals surface area contributed by atoms with Crippen molar-refractivity contribution in [3.63, 3.8) is 0 Å². The fraction of sp³-hybridized carbons (Fsp3) is 0.100. The van der Waals surface area contributed by atoms with E-state index in [9.17, 15) is 0 Å². The molecule has 13 rings (SSSR count). The molecule has 0 N–H and O–H groups in total. The molecule has 0 fully saturated rings. The van der Waals surface area contributed by atoms with Crippen LogP contribution in [-0.4, -0.2) is 0 Å². The van der Waals surface area contributed by atoms with Crippen molar-refractivity contribution in [2.24, 2.45) is 0 Å². The molecule has 0 saturated heterocycles. The molecule has 2 aliphatic carbocycles. The third-order valence-corrected chi connectivity index (χ3v) is 14.3. The molecule has 2 nitrogen and oxygen atoms in total. The summed E-state index contributed by atoms with van der Waals surface area (Å²) in [5.74, 6) is 0. The Kier molecular flexibility index (Phi) is 7.16. The van der Waals surface area contributed by atoms with Crippen molar-refractivity contribution in [3.05, 3.63) is 204 Å². The lowest BCUT2D eigenvalue weighted by atomic mass is 9.81. The first-order valence-corrected chi connectivity index (χ1v) is 21.7. The Morgan fingerprint density at radius 2 is 0.645 bits per heavy atom. The van der Waals surface area contributed by atoms with Gasteiger partial charge in [0.2, 0.25) is 0 Å². The van der Waals surface area contributed by atoms with Gasteiger partial charge in [0.15, 0.2) is 0 Å². The summed E-state index contributed by atoms with van der Waals surface area (Å²) in [6.07, 6.45) is 0. The molecule has 0 radical (unpaired) electrons. The van der Waals surface area contributed by atoms with Crippen LogP contribution in [-0.2, 0) is 10.8 Å². The lowest BCUT2D eigenvalue weighted by Gasteiger charge is -2.22. The molecule has 0 unspecified atom stereocenters. The largest absolute Gasteiger partial charge is 0.455 e. The van der Waals surface area contributed by atoms with Gasteiger partial charge in [0, 0.05) is 49.6 Å². The highest BCUT2D eigenvalue weighted by atomic mass is 16.3. The maximum absolute atomic E-state index is 6.84. The van der Waals surface area contributed by atoms with Gasteiger partial charge in [-0.2, -0.15) is 0 Å². The summed E-state index contributed by atoms with van der Waals surface area (Å²) in [4.78, 5) is 0. The first kappa shape index (κ1) is 35.3. The highest BCUT2D eigenvalue weighted by molar-refractivity contribution is 6.18. The number of hydrogen-bond acceptors (Lipinski definition) is 2. The van der Waals surface area contributed by atoms with Gasteiger partial charge in [0.25, 0.3) is 0 Å². The van der Waals surface area contributed by atoms with Gasteiger partial charge >= 0.3 is 0 Å². The van der Waals surface area contributed by atoms with E-state index in [0.717, 1.165) is 66.1 Å². The van der Waals surface area contributed by atoms with Gasteiger partial charge in [-0.3, -0.25) is 0 Å². The standard InChI is InChI=1S/C60H42O2/c1-59(2)51-29-37(35-13-7-5-8-14-35)21-25-43(51)45-27-23-39(31-53(45)59)41-17-11-19-47-49-33-50-48-20-12-18-42(58(48)62-56(50)34-55(49)61-57(41)47)40-24-28-46-44-26-22-38(36-15-9-6-10-16-36)30-52(44)60(3,4)54(46)32-40/h5-34H,1-4H3. The second kappa shape index (κ2) is 12.6. The van der Waals surface area contributed by atoms with E-state index in [-0.39, 0.29) is 10.8 Å². The Morgan fingerprint density at radius 1 is 0.274 bits per heavy atom. The third-order valence-electron chi connectivity index (χ3n) is 14.3. The fourth-order valence-electron chi connectivity index (χ4n) is 11.0. The summed E-state index contributed by atoms with van der Waals surface area (Å²) < 4.78 is 13.7. The van der Waals surface area contributed by atoms with Crippen LogP contribution in [0, 0.1) is 0 Å². The maximum Gasteiger partial charge on any atom is 0.143 e. The quantitative estimate of drug-likeness (QED) is 0.177. The summed E-state index contributed by atoms with van der Waals surface area (Å²) in [5.41, 5.74) is 23.4. The molecule has 0 bridgehead atoms. The number of rotatable bonds is 4. The summed E-state index contributed by atoms with van der Waals surface area (Å²) in [6.45, 7) is 9.42. The zero-order valence-corrected chi connectivity index (χ0v) is 35.1. The second-order valence-corrected chi connectivity index (χ2v) is 18.4. The van der Waals surface area contributed by atoms with Crippen LogP contribution >= 0.6 is 0 Å². The highest BCUT2D eigenvalue weighted by Crippen LogP contribution is 2.53. The van der Waals surface area contributed by atoms with Crippen LogP contribution in [0.4, 0.5) is 0 Å². The number of para-hydroxylation sites is 2. The first-order chi connectivity index (χ1) is 30.2. The number of hydrogen-bond donors (Lipinski definition) is 0. The number of fused-ring (bicyclic) bond motifs is 12. The van der Waals surface area contributed by atoms with Crippen LogP contribution in [0.15, 0.2) is 191 Å². The van der Waals surface area contributed by atoms with E-state index in [4.69, 9.17) is 8.83 Å². The Labute approximate surface area is 360 Å². The van der Waals surface area contributed by atoms with Crippen molar-refractivity contribution in [1.29, 1.82) is 0 Å². The summed E-state index contributed by atoms with van der Waals surface area (Å²) in [5, 5.41) is 4.40. The van der Waals surface area contributed by atoms with Crippen molar-refractivity contribution in [2.75, 3.05) is 0 Å². The molecule has 2 heterocycles. The third kappa shape index (κ3) is 4.92.